The highest BCUT2D eigenvalue weighted by Gasteiger charge is 2.22. The number of fused-ring (bicyclic) bond motifs is 1. The Balaban J connectivity index is 1.37. The first-order valence-electron chi connectivity index (χ1n) is 10.3. The lowest BCUT2D eigenvalue weighted by Crippen LogP contribution is -2.24. The van der Waals surface area contributed by atoms with Crippen LogP contribution in [0.4, 0.5) is 0 Å². The first kappa shape index (κ1) is 18.4. The van der Waals surface area contributed by atoms with Gasteiger partial charge in [0.25, 0.3) is 5.91 Å². The molecule has 0 aliphatic heterocycles. The minimum atomic E-state index is -0.255. The van der Waals surface area contributed by atoms with Gasteiger partial charge >= 0.3 is 0 Å². The average Bonchev–Trinajstić information content (AvgIpc) is 3.47. The molecule has 1 amide bonds. The molecule has 4 aromatic rings. The first-order chi connectivity index (χ1) is 14.8. The normalized spacial score (nSPS) is 14.3. The molecule has 1 aromatic carbocycles. The molecule has 3 aromatic heterocycles. The summed E-state index contributed by atoms with van der Waals surface area (Å²) >= 11 is 0. The van der Waals surface area contributed by atoms with Crippen LogP contribution < -0.4 is 5.32 Å². The van der Waals surface area contributed by atoms with E-state index in [4.69, 9.17) is 5.10 Å². The number of pyridine rings is 1. The number of aromatic nitrogens is 5. The highest BCUT2D eigenvalue weighted by Crippen LogP contribution is 2.33. The maximum atomic E-state index is 12.6. The van der Waals surface area contributed by atoms with E-state index in [0.717, 1.165) is 35.3 Å². The molecular formula is C23H22N6O. The van der Waals surface area contributed by atoms with Crippen LogP contribution in [-0.4, -0.2) is 30.6 Å². The quantitative estimate of drug-likeness (QED) is 0.550. The minimum absolute atomic E-state index is 0.255. The zero-order chi connectivity index (χ0) is 20.3. The highest BCUT2D eigenvalue weighted by molar-refractivity contribution is 5.93. The van der Waals surface area contributed by atoms with Crippen molar-refractivity contribution in [3.8, 4) is 11.3 Å². The van der Waals surface area contributed by atoms with E-state index in [1.807, 2.05) is 36.4 Å². The van der Waals surface area contributed by atoms with Gasteiger partial charge in [0.2, 0.25) is 0 Å². The van der Waals surface area contributed by atoms with E-state index in [2.05, 4.69) is 31.0 Å². The van der Waals surface area contributed by atoms with Crippen LogP contribution in [0.1, 0.15) is 47.9 Å². The maximum Gasteiger partial charge on any atom is 0.271 e. The molecule has 1 aliphatic carbocycles. The van der Waals surface area contributed by atoms with Crippen LogP contribution in [0.2, 0.25) is 0 Å². The molecule has 1 saturated carbocycles. The molecule has 0 saturated heterocycles. The molecule has 30 heavy (non-hydrogen) atoms. The van der Waals surface area contributed by atoms with Crippen molar-refractivity contribution in [2.75, 3.05) is 0 Å². The Morgan fingerprint density at radius 3 is 2.63 bits per heavy atom. The largest absolute Gasteiger partial charge is 0.345 e. The van der Waals surface area contributed by atoms with Crippen LogP contribution in [-0.2, 0) is 6.54 Å². The van der Waals surface area contributed by atoms with Crippen LogP contribution in [0, 0.1) is 0 Å². The smallest absolute Gasteiger partial charge is 0.271 e. The number of benzene rings is 1. The van der Waals surface area contributed by atoms with Gasteiger partial charge in [-0.25, -0.2) is 4.98 Å². The predicted octanol–water partition coefficient (Wildman–Crippen LogP) is 3.93. The van der Waals surface area contributed by atoms with E-state index in [0.29, 0.717) is 23.8 Å². The summed E-state index contributed by atoms with van der Waals surface area (Å²) in [5.74, 6) is -0.255. The Kier molecular flexibility index (Phi) is 4.93. The monoisotopic (exact) mass is 398 g/mol. The molecule has 0 radical (unpaired) electrons. The fraction of sp³-hybridized carbons (Fsp3) is 0.261. The Bertz CT molecular complexity index is 1180. The lowest BCUT2D eigenvalue weighted by molar-refractivity contribution is 0.0945. The van der Waals surface area contributed by atoms with Crippen LogP contribution in [0.3, 0.4) is 0 Å². The number of rotatable bonds is 5. The number of carbonyl (C=O) groups excluding carboxylic acids is 1. The molecule has 1 N–H and O–H groups in total. The molecule has 3 heterocycles. The Morgan fingerprint density at radius 1 is 1.07 bits per heavy atom. The summed E-state index contributed by atoms with van der Waals surface area (Å²) in [5.41, 5.74) is 4.76. The second-order valence-electron chi connectivity index (χ2n) is 7.57. The van der Waals surface area contributed by atoms with E-state index < -0.39 is 0 Å². The first-order valence-corrected chi connectivity index (χ1v) is 10.3. The number of nitrogens with one attached hydrogen (secondary N) is 1. The Labute approximate surface area is 174 Å². The summed E-state index contributed by atoms with van der Waals surface area (Å²) in [6, 6.07) is 14.0. The molecule has 1 fully saturated rings. The third-order valence-electron chi connectivity index (χ3n) is 5.54. The highest BCUT2D eigenvalue weighted by atomic mass is 16.1. The van der Waals surface area contributed by atoms with E-state index in [9.17, 15) is 4.79 Å². The van der Waals surface area contributed by atoms with Gasteiger partial charge in [-0.2, -0.15) is 5.10 Å². The van der Waals surface area contributed by atoms with Crippen LogP contribution in [0.15, 0.2) is 61.1 Å². The SMILES string of the molecule is O=C(NCc1cc(-c2ccncc2)n(C2CCCC2)n1)c1cnc2ccccc2n1. The summed E-state index contributed by atoms with van der Waals surface area (Å²) in [6.07, 6.45) is 9.83. The fourth-order valence-electron chi connectivity index (χ4n) is 4.02. The van der Waals surface area contributed by atoms with Gasteiger partial charge in [0.05, 0.1) is 41.2 Å². The van der Waals surface area contributed by atoms with Gasteiger partial charge in [-0.1, -0.05) is 25.0 Å². The van der Waals surface area contributed by atoms with Gasteiger partial charge < -0.3 is 5.32 Å². The number of hydrogen-bond acceptors (Lipinski definition) is 5. The number of carbonyl (C=O) groups is 1. The van der Waals surface area contributed by atoms with Crippen LogP contribution >= 0.6 is 0 Å². The molecule has 0 spiro atoms. The second kappa shape index (κ2) is 8.02. The van der Waals surface area contributed by atoms with Crippen molar-refractivity contribution in [3.63, 3.8) is 0 Å². The molecule has 5 rings (SSSR count). The van der Waals surface area contributed by atoms with Gasteiger partial charge in [-0.3, -0.25) is 19.4 Å². The number of para-hydroxylation sites is 2. The van der Waals surface area contributed by atoms with Crippen molar-refractivity contribution in [2.24, 2.45) is 0 Å². The molecular weight excluding hydrogens is 376 g/mol. The predicted molar refractivity (Wildman–Crippen MR) is 114 cm³/mol. The van der Waals surface area contributed by atoms with Crippen LogP contribution in [0.5, 0.6) is 0 Å². The molecule has 0 atom stereocenters. The van der Waals surface area contributed by atoms with Crippen molar-refractivity contribution in [1.82, 2.24) is 30.0 Å². The summed E-state index contributed by atoms with van der Waals surface area (Å²) in [7, 11) is 0. The Hall–Kier alpha value is -3.61. The standard InChI is InChI=1S/C23H22N6O/c30-23(21-15-25-19-7-3-4-8-20(19)27-21)26-14-17-13-22(16-9-11-24-12-10-16)29(28-17)18-5-1-2-6-18/h3-4,7-13,15,18H,1-2,5-6,14H2,(H,26,30). The average molecular weight is 398 g/mol. The van der Waals surface area contributed by atoms with Gasteiger partial charge in [-0.05, 0) is 43.2 Å². The van der Waals surface area contributed by atoms with Crippen molar-refractivity contribution in [1.29, 1.82) is 0 Å². The van der Waals surface area contributed by atoms with Gasteiger partial charge in [0.15, 0.2) is 0 Å². The third-order valence-corrected chi connectivity index (χ3v) is 5.54. The maximum absolute atomic E-state index is 12.6. The number of hydrogen-bond donors (Lipinski definition) is 1. The van der Waals surface area contributed by atoms with Crippen molar-refractivity contribution in [3.05, 3.63) is 72.4 Å². The fourth-order valence-corrected chi connectivity index (χ4v) is 4.02. The van der Waals surface area contributed by atoms with E-state index in [1.165, 1.54) is 19.0 Å². The van der Waals surface area contributed by atoms with E-state index in [-0.39, 0.29) is 5.91 Å². The lowest BCUT2D eigenvalue weighted by Gasteiger charge is -2.14. The summed E-state index contributed by atoms with van der Waals surface area (Å²) in [4.78, 5) is 25.5. The van der Waals surface area contributed by atoms with Gasteiger partial charge in [-0.15, -0.1) is 0 Å². The van der Waals surface area contributed by atoms with Crippen molar-refractivity contribution < 1.29 is 4.79 Å². The number of amides is 1. The minimum Gasteiger partial charge on any atom is -0.345 e. The lowest BCUT2D eigenvalue weighted by atomic mass is 10.1. The number of nitrogens with zero attached hydrogens (tertiary/aromatic N) is 5. The zero-order valence-electron chi connectivity index (χ0n) is 16.5. The molecule has 0 bridgehead atoms. The zero-order valence-corrected chi connectivity index (χ0v) is 16.5. The molecule has 0 unspecified atom stereocenters. The molecule has 150 valence electrons. The van der Waals surface area contributed by atoms with Crippen molar-refractivity contribution in [2.45, 2.75) is 38.3 Å². The Morgan fingerprint density at radius 2 is 1.83 bits per heavy atom. The molecule has 7 heteroatoms. The summed E-state index contributed by atoms with van der Waals surface area (Å²) < 4.78 is 2.12. The summed E-state index contributed by atoms with van der Waals surface area (Å²) in [6.45, 7) is 0.338. The topological polar surface area (TPSA) is 85.6 Å². The van der Waals surface area contributed by atoms with E-state index >= 15 is 0 Å². The van der Waals surface area contributed by atoms with Gasteiger partial charge in [0.1, 0.15) is 5.69 Å². The van der Waals surface area contributed by atoms with Gasteiger partial charge in [0, 0.05) is 18.0 Å². The van der Waals surface area contributed by atoms with Crippen molar-refractivity contribution >= 4 is 16.9 Å². The van der Waals surface area contributed by atoms with Crippen LogP contribution in [0.25, 0.3) is 22.3 Å². The molecule has 1 aliphatic rings. The summed E-state index contributed by atoms with van der Waals surface area (Å²) in [5, 5.41) is 7.76. The third kappa shape index (κ3) is 3.66. The second-order valence-corrected chi connectivity index (χ2v) is 7.57. The molecule has 7 nitrogen and oxygen atoms in total. The van der Waals surface area contributed by atoms with E-state index in [1.54, 1.807) is 12.4 Å².